The molecule has 0 aromatic heterocycles. The van der Waals surface area contributed by atoms with Crippen LogP contribution in [-0.4, -0.2) is 0 Å². The second-order valence-electron chi connectivity index (χ2n) is 6.66. The molecule has 0 N–H and O–H groups in total. The molecule has 0 radical (unpaired) electrons. The van der Waals surface area contributed by atoms with Gasteiger partial charge in [0.05, 0.1) is 0 Å². The van der Waals surface area contributed by atoms with Gasteiger partial charge in [-0.15, -0.1) is 0 Å². The van der Waals surface area contributed by atoms with Gasteiger partial charge in [0.1, 0.15) is 0 Å². The average molecular weight is 448 g/mol. The molecule has 2 rings (SSSR count). The summed E-state index contributed by atoms with van der Waals surface area (Å²) in [4.78, 5) is 0. The summed E-state index contributed by atoms with van der Waals surface area (Å²) in [5.41, 5.74) is 0. The van der Waals surface area contributed by atoms with Crippen molar-refractivity contribution in [1.29, 1.82) is 0 Å². The molecule has 0 unspecified atom stereocenters. The minimum atomic E-state index is -0.826. The molecule has 3 heteroatoms. The molecule has 142 valence electrons. The van der Waals surface area contributed by atoms with E-state index in [2.05, 4.69) is 13.8 Å². The van der Waals surface area contributed by atoms with Gasteiger partial charge in [-0.2, -0.15) is 0 Å². The summed E-state index contributed by atoms with van der Waals surface area (Å²) in [7, 11) is 9.87. The van der Waals surface area contributed by atoms with Gasteiger partial charge in [-0.05, 0) is 11.8 Å². The SMILES string of the molecule is CCCCC1CCCC1.CCCCC1CCCC1.[2HH].[CH3-].[CH3-].[Cl][Zr+2][Cl]. The fourth-order valence-electron chi connectivity index (χ4n) is 3.58. The number of hydrogen-bond acceptors (Lipinski definition) is 0. The molecule has 0 atom stereocenters. The molecule has 0 heterocycles. The van der Waals surface area contributed by atoms with Gasteiger partial charge >= 0.3 is 37.9 Å². The number of halogens is 2. The maximum atomic E-state index is 4.93. The van der Waals surface area contributed by atoms with Gasteiger partial charge in [-0.25, -0.2) is 0 Å². The molecule has 0 spiro atoms. The predicted molar refractivity (Wildman–Crippen MR) is 110 cm³/mol. The van der Waals surface area contributed by atoms with Crippen LogP contribution < -0.4 is 0 Å². The quantitative estimate of drug-likeness (QED) is 0.356. The Balaban J connectivity index is -0.000000130. The minimum absolute atomic E-state index is 0. The molecule has 0 aliphatic heterocycles. The first-order valence-corrected chi connectivity index (χ1v) is 15.6. The first-order chi connectivity index (χ1) is 10.3. The third-order valence-corrected chi connectivity index (χ3v) is 4.88. The van der Waals surface area contributed by atoms with Crippen molar-refractivity contribution in [2.75, 3.05) is 0 Å². The van der Waals surface area contributed by atoms with Crippen LogP contribution in [0.4, 0.5) is 0 Å². The molecule has 2 aliphatic rings. The van der Waals surface area contributed by atoms with Crippen molar-refractivity contribution in [1.82, 2.24) is 0 Å². The number of unbranched alkanes of at least 4 members (excludes halogenated alkanes) is 2. The fourth-order valence-corrected chi connectivity index (χ4v) is 3.58. The van der Waals surface area contributed by atoms with Crippen LogP contribution in [0.25, 0.3) is 0 Å². The zero-order chi connectivity index (χ0) is 15.8. The third-order valence-electron chi connectivity index (χ3n) is 4.88. The zero-order valence-electron chi connectivity index (χ0n) is 16.3. The topological polar surface area (TPSA) is 0 Å². The summed E-state index contributed by atoms with van der Waals surface area (Å²) in [5, 5.41) is 0. The molecule has 0 saturated heterocycles. The van der Waals surface area contributed by atoms with Crippen LogP contribution in [0.1, 0.15) is 105 Å². The van der Waals surface area contributed by atoms with Crippen LogP contribution in [0, 0.1) is 26.7 Å². The van der Waals surface area contributed by atoms with E-state index in [4.69, 9.17) is 17.0 Å². The summed E-state index contributed by atoms with van der Waals surface area (Å²) in [5.74, 6) is 2.23. The van der Waals surface area contributed by atoms with Crippen LogP contribution in [0.5, 0.6) is 0 Å². The van der Waals surface area contributed by atoms with Crippen LogP contribution in [0.3, 0.4) is 0 Å². The standard InChI is InChI=1S/2C9H18.2CH3.2ClH.Zr.H2/c2*1-2-3-6-9-7-4-5-8-9;;;;;;/h2*9H,2-8H2,1H3;2*1H3;2*1H;;1H/q;;2*-1;;;+4;/p-2/i;;;;;;;1+1. The predicted octanol–water partition coefficient (Wildman–Crippen LogP) is 9.26. The summed E-state index contributed by atoms with van der Waals surface area (Å²) in [6.45, 7) is 4.57. The zero-order valence-corrected chi connectivity index (χ0v) is 20.3. The van der Waals surface area contributed by atoms with Crippen molar-refractivity contribution < 1.29 is 22.3 Å². The molecule has 0 nitrogen and oxygen atoms in total. The Bertz CT molecular complexity index is 174. The maximum absolute atomic E-state index is 4.93. The molecular formula is C20H44Cl2Zr. The summed E-state index contributed by atoms with van der Waals surface area (Å²) in [6, 6.07) is 0. The van der Waals surface area contributed by atoms with Gasteiger partial charge in [0.15, 0.2) is 0 Å². The van der Waals surface area contributed by atoms with E-state index < -0.39 is 20.8 Å². The van der Waals surface area contributed by atoms with Gasteiger partial charge < -0.3 is 14.9 Å². The Morgan fingerprint density at radius 2 is 1.00 bits per heavy atom. The fraction of sp³-hybridized carbons (Fsp3) is 0.900. The number of hydrogen-bond donors (Lipinski definition) is 0. The van der Waals surface area contributed by atoms with Gasteiger partial charge in [0.25, 0.3) is 0 Å². The molecule has 2 saturated carbocycles. The van der Waals surface area contributed by atoms with E-state index in [0.29, 0.717) is 0 Å². The van der Waals surface area contributed by atoms with Crippen LogP contribution in [0.2, 0.25) is 0 Å². The average Bonchev–Trinajstić information content (AvgIpc) is 3.18. The number of rotatable bonds is 6. The summed E-state index contributed by atoms with van der Waals surface area (Å²) in [6.07, 6.45) is 20.9. The van der Waals surface area contributed by atoms with Gasteiger partial charge in [-0.3, -0.25) is 0 Å². The normalized spacial score (nSPS) is 16.9. The summed E-state index contributed by atoms with van der Waals surface area (Å²) >= 11 is -0.826. The monoisotopic (exact) mass is 445 g/mol. The molecule has 0 amide bonds. The van der Waals surface area contributed by atoms with E-state index in [1.807, 2.05) is 0 Å². The van der Waals surface area contributed by atoms with Crippen molar-refractivity contribution in [3.63, 3.8) is 0 Å². The Hall–Kier alpha value is 1.46. The van der Waals surface area contributed by atoms with Gasteiger partial charge in [0, 0.05) is 1.43 Å². The molecule has 2 fully saturated rings. The van der Waals surface area contributed by atoms with Gasteiger partial charge in [-0.1, -0.05) is 104 Å². The molecule has 2 aliphatic carbocycles. The molecule has 23 heavy (non-hydrogen) atoms. The van der Waals surface area contributed by atoms with E-state index in [1.54, 1.807) is 0 Å². The third kappa shape index (κ3) is 19.6. The van der Waals surface area contributed by atoms with Crippen molar-refractivity contribution in [2.45, 2.75) is 104 Å². The van der Waals surface area contributed by atoms with E-state index in [0.717, 1.165) is 11.8 Å². The van der Waals surface area contributed by atoms with E-state index in [-0.39, 0.29) is 16.3 Å². The first kappa shape index (κ1) is 29.2. The van der Waals surface area contributed by atoms with Crippen LogP contribution >= 0.6 is 17.0 Å². The second-order valence-corrected chi connectivity index (χ2v) is 10.4. The van der Waals surface area contributed by atoms with Crippen molar-refractivity contribution >= 4 is 17.0 Å². The Kier molecular flexibility index (Phi) is 29.8. The van der Waals surface area contributed by atoms with Crippen molar-refractivity contribution in [2.24, 2.45) is 11.8 Å². The molecule has 0 aromatic carbocycles. The molecular weight excluding hydrogens is 402 g/mol. The van der Waals surface area contributed by atoms with E-state index >= 15 is 0 Å². The first-order valence-electron chi connectivity index (χ1n) is 9.24. The molecule has 0 aromatic rings. The van der Waals surface area contributed by atoms with Crippen LogP contribution in [0.15, 0.2) is 0 Å². The van der Waals surface area contributed by atoms with E-state index in [9.17, 15) is 0 Å². The summed E-state index contributed by atoms with van der Waals surface area (Å²) < 4.78 is 0. The second kappa shape index (κ2) is 23.5. The Labute approximate surface area is 169 Å². The van der Waals surface area contributed by atoms with Crippen molar-refractivity contribution in [3.8, 4) is 0 Å². The molecule has 0 bridgehead atoms. The Morgan fingerprint density at radius 1 is 0.739 bits per heavy atom. The Morgan fingerprint density at radius 3 is 1.22 bits per heavy atom. The van der Waals surface area contributed by atoms with Crippen LogP contribution in [-0.2, 0) is 20.8 Å². The van der Waals surface area contributed by atoms with Gasteiger partial charge in [0.2, 0.25) is 0 Å². The van der Waals surface area contributed by atoms with Crippen molar-refractivity contribution in [3.05, 3.63) is 14.9 Å². The van der Waals surface area contributed by atoms with E-state index in [1.165, 1.54) is 89.9 Å².